The topological polar surface area (TPSA) is 38.2 Å². The summed E-state index contributed by atoms with van der Waals surface area (Å²) in [7, 11) is 1.72. The van der Waals surface area contributed by atoms with Gasteiger partial charge in [-0.2, -0.15) is 0 Å². The number of rotatable bonds is 5. The van der Waals surface area contributed by atoms with Crippen LogP contribution in [0.15, 0.2) is 10.7 Å². The molecule has 0 unspecified atom stereocenters. The van der Waals surface area contributed by atoms with Crippen LogP contribution in [-0.4, -0.2) is 36.3 Å². The number of methoxy groups -OCH3 is 1. The quantitative estimate of drug-likeness (QED) is 0.776. The van der Waals surface area contributed by atoms with Crippen LogP contribution in [0.25, 0.3) is 0 Å². The molecule has 0 aliphatic carbocycles. The summed E-state index contributed by atoms with van der Waals surface area (Å²) in [6, 6.07) is 2.33. The van der Waals surface area contributed by atoms with Gasteiger partial charge in [0, 0.05) is 31.2 Å². The third kappa shape index (κ3) is 4.73. The minimum Gasteiger partial charge on any atom is -0.383 e. The van der Waals surface area contributed by atoms with Crippen LogP contribution in [0.4, 0.5) is 5.82 Å². The fourth-order valence-electron chi connectivity index (χ4n) is 1.72. The summed E-state index contributed by atoms with van der Waals surface area (Å²) in [6.07, 6.45) is 0. The lowest BCUT2D eigenvalue weighted by Crippen LogP contribution is -2.35. The van der Waals surface area contributed by atoms with Crippen molar-refractivity contribution in [2.45, 2.75) is 46.1 Å². The van der Waals surface area contributed by atoms with E-state index in [1.165, 1.54) is 0 Å². The summed E-state index contributed by atoms with van der Waals surface area (Å²) in [5.41, 5.74) is -0.0670. The van der Waals surface area contributed by atoms with Crippen molar-refractivity contribution in [2.75, 3.05) is 25.2 Å². The standard InChI is InChI=1S/C14H24BrN3O/c1-10(2)18(7-8-19-6)12-9-11(15)16-13(17-12)14(3,4)5/h9-10H,7-8H2,1-6H3. The fraction of sp³-hybridized carbons (Fsp3) is 0.714. The maximum absolute atomic E-state index is 5.17. The highest BCUT2D eigenvalue weighted by molar-refractivity contribution is 9.10. The third-order valence-electron chi connectivity index (χ3n) is 2.81. The van der Waals surface area contributed by atoms with Gasteiger partial charge in [0.15, 0.2) is 0 Å². The molecule has 1 rings (SSSR count). The number of aromatic nitrogens is 2. The molecule has 0 bridgehead atoms. The Bertz CT molecular complexity index is 416. The Kier molecular flexibility index (Phi) is 5.74. The van der Waals surface area contributed by atoms with E-state index in [2.05, 4.69) is 60.4 Å². The second kappa shape index (κ2) is 6.66. The van der Waals surface area contributed by atoms with Gasteiger partial charge < -0.3 is 9.64 Å². The summed E-state index contributed by atoms with van der Waals surface area (Å²) >= 11 is 3.48. The Morgan fingerprint density at radius 2 is 1.95 bits per heavy atom. The molecule has 0 aliphatic heterocycles. The lowest BCUT2D eigenvalue weighted by molar-refractivity contribution is 0.203. The lowest BCUT2D eigenvalue weighted by Gasteiger charge is -2.29. The molecule has 0 N–H and O–H groups in total. The molecule has 0 amide bonds. The average molecular weight is 330 g/mol. The highest BCUT2D eigenvalue weighted by Gasteiger charge is 2.21. The molecule has 19 heavy (non-hydrogen) atoms. The number of hydrogen-bond donors (Lipinski definition) is 0. The van der Waals surface area contributed by atoms with Crippen molar-refractivity contribution in [3.63, 3.8) is 0 Å². The monoisotopic (exact) mass is 329 g/mol. The van der Waals surface area contributed by atoms with Gasteiger partial charge in [-0.15, -0.1) is 0 Å². The molecule has 0 spiro atoms. The zero-order valence-electron chi connectivity index (χ0n) is 12.7. The van der Waals surface area contributed by atoms with E-state index in [0.717, 1.165) is 22.8 Å². The summed E-state index contributed by atoms with van der Waals surface area (Å²) in [6.45, 7) is 12.2. The molecule has 108 valence electrons. The zero-order chi connectivity index (χ0) is 14.6. The van der Waals surface area contributed by atoms with E-state index in [0.29, 0.717) is 12.6 Å². The van der Waals surface area contributed by atoms with Crippen molar-refractivity contribution in [1.82, 2.24) is 9.97 Å². The van der Waals surface area contributed by atoms with Crippen LogP contribution in [0, 0.1) is 0 Å². The minimum absolute atomic E-state index is 0.0670. The van der Waals surface area contributed by atoms with Gasteiger partial charge in [0.25, 0.3) is 0 Å². The van der Waals surface area contributed by atoms with Gasteiger partial charge in [-0.3, -0.25) is 0 Å². The first-order chi connectivity index (χ1) is 8.75. The molecule has 1 aromatic rings. The summed E-state index contributed by atoms with van der Waals surface area (Å²) < 4.78 is 6.00. The molecule has 0 fully saturated rings. The van der Waals surface area contributed by atoms with Crippen LogP contribution in [-0.2, 0) is 10.2 Å². The number of nitrogens with zero attached hydrogens (tertiary/aromatic N) is 3. The Hall–Kier alpha value is -0.680. The molecule has 0 saturated heterocycles. The maximum Gasteiger partial charge on any atom is 0.137 e. The Morgan fingerprint density at radius 1 is 1.32 bits per heavy atom. The van der Waals surface area contributed by atoms with E-state index in [1.807, 2.05) is 6.07 Å². The summed E-state index contributed by atoms with van der Waals surface area (Å²) in [4.78, 5) is 11.4. The number of anilines is 1. The molecular weight excluding hydrogens is 306 g/mol. The van der Waals surface area contributed by atoms with Crippen LogP contribution in [0.3, 0.4) is 0 Å². The molecule has 0 aromatic carbocycles. The van der Waals surface area contributed by atoms with Crippen molar-refractivity contribution in [1.29, 1.82) is 0 Å². The summed E-state index contributed by atoms with van der Waals surface area (Å²) in [5.74, 6) is 1.79. The SMILES string of the molecule is COCCN(c1cc(Br)nc(C(C)(C)C)n1)C(C)C. The van der Waals surface area contributed by atoms with Crippen molar-refractivity contribution in [3.8, 4) is 0 Å². The van der Waals surface area contributed by atoms with Crippen LogP contribution >= 0.6 is 15.9 Å². The molecule has 0 radical (unpaired) electrons. The molecule has 0 aliphatic rings. The van der Waals surface area contributed by atoms with Crippen LogP contribution in [0.1, 0.15) is 40.4 Å². The van der Waals surface area contributed by atoms with Gasteiger partial charge in [-0.05, 0) is 29.8 Å². The van der Waals surface area contributed by atoms with E-state index in [1.54, 1.807) is 7.11 Å². The average Bonchev–Trinajstić information content (AvgIpc) is 2.27. The highest BCUT2D eigenvalue weighted by atomic mass is 79.9. The van der Waals surface area contributed by atoms with Crippen LogP contribution < -0.4 is 4.90 Å². The number of ether oxygens (including phenoxy) is 1. The van der Waals surface area contributed by atoms with E-state index < -0.39 is 0 Å². The van der Waals surface area contributed by atoms with Crippen molar-refractivity contribution >= 4 is 21.7 Å². The van der Waals surface area contributed by atoms with Crippen molar-refractivity contribution < 1.29 is 4.74 Å². The lowest BCUT2D eigenvalue weighted by atomic mass is 9.96. The van der Waals surface area contributed by atoms with Crippen LogP contribution in [0.5, 0.6) is 0 Å². The van der Waals surface area contributed by atoms with Crippen molar-refractivity contribution in [2.24, 2.45) is 0 Å². The third-order valence-corrected chi connectivity index (χ3v) is 3.21. The number of halogens is 1. The van der Waals surface area contributed by atoms with E-state index in [9.17, 15) is 0 Å². The minimum atomic E-state index is -0.0670. The Labute approximate surface area is 124 Å². The molecule has 0 saturated carbocycles. The van der Waals surface area contributed by atoms with E-state index in [4.69, 9.17) is 9.72 Å². The predicted molar refractivity (Wildman–Crippen MR) is 82.8 cm³/mol. The first kappa shape index (κ1) is 16.4. The van der Waals surface area contributed by atoms with Crippen molar-refractivity contribution in [3.05, 3.63) is 16.5 Å². The first-order valence-electron chi connectivity index (χ1n) is 6.56. The van der Waals surface area contributed by atoms with E-state index >= 15 is 0 Å². The Balaban J connectivity index is 3.12. The van der Waals surface area contributed by atoms with Gasteiger partial charge in [-0.25, -0.2) is 9.97 Å². The molecule has 4 nitrogen and oxygen atoms in total. The smallest absolute Gasteiger partial charge is 0.137 e. The van der Waals surface area contributed by atoms with Gasteiger partial charge in [0.2, 0.25) is 0 Å². The maximum atomic E-state index is 5.17. The second-order valence-electron chi connectivity index (χ2n) is 5.90. The molecule has 0 atom stereocenters. The number of hydrogen-bond acceptors (Lipinski definition) is 4. The van der Waals surface area contributed by atoms with Crippen LogP contribution in [0.2, 0.25) is 0 Å². The predicted octanol–water partition coefficient (Wildman–Crippen LogP) is 3.40. The summed E-state index contributed by atoms with van der Waals surface area (Å²) in [5, 5.41) is 0. The fourth-order valence-corrected chi connectivity index (χ4v) is 2.09. The Morgan fingerprint density at radius 3 is 2.42 bits per heavy atom. The normalized spacial score (nSPS) is 12.0. The van der Waals surface area contributed by atoms with Gasteiger partial charge in [0.1, 0.15) is 16.2 Å². The molecule has 5 heteroatoms. The molecule has 1 aromatic heterocycles. The zero-order valence-corrected chi connectivity index (χ0v) is 14.3. The first-order valence-corrected chi connectivity index (χ1v) is 7.35. The molecular formula is C14H24BrN3O. The largest absolute Gasteiger partial charge is 0.383 e. The van der Waals surface area contributed by atoms with E-state index in [-0.39, 0.29) is 5.41 Å². The molecule has 1 heterocycles. The van der Waals surface area contributed by atoms with Gasteiger partial charge in [-0.1, -0.05) is 20.8 Å². The second-order valence-corrected chi connectivity index (χ2v) is 6.71. The van der Waals surface area contributed by atoms with Gasteiger partial charge >= 0.3 is 0 Å². The van der Waals surface area contributed by atoms with Gasteiger partial charge in [0.05, 0.1) is 6.61 Å². The highest BCUT2D eigenvalue weighted by Crippen LogP contribution is 2.25.